The SMILES string of the molecule is NS(=O)(=O)CC1CC(=O)N(c2ccc(O)c(Cl)c2)C1. The average Bonchev–Trinajstić information content (AvgIpc) is 2.61. The number of sulfonamides is 1. The van der Waals surface area contributed by atoms with Crippen LogP contribution in [0.4, 0.5) is 5.69 Å². The van der Waals surface area contributed by atoms with Gasteiger partial charge in [0, 0.05) is 24.6 Å². The Kier molecular flexibility index (Phi) is 3.71. The second-order valence-electron chi connectivity index (χ2n) is 4.54. The molecule has 0 spiro atoms. The molecular formula is C11H13ClN2O4S. The molecule has 1 aliphatic rings. The summed E-state index contributed by atoms with van der Waals surface area (Å²) in [4.78, 5) is 13.3. The van der Waals surface area contributed by atoms with Crippen LogP contribution >= 0.6 is 11.6 Å². The van der Waals surface area contributed by atoms with Gasteiger partial charge in [0.25, 0.3) is 0 Å². The van der Waals surface area contributed by atoms with Crippen molar-refractivity contribution in [2.45, 2.75) is 6.42 Å². The first-order valence-electron chi connectivity index (χ1n) is 5.55. The van der Waals surface area contributed by atoms with E-state index in [-0.39, 0.29) is 41.3 Å². The van der Waals surface area contributed by atoms with E-state index in [1.165, 1.54) is 17.0 Å². The maximum Gasteiger partial charge on any atom is 0.227 e. The van der Waals surface area contributed by atoms with Crippen molar-refractivity contribution < 1.29 is 18.3 Å². The van der Waals surface area contributed by atoms with Gasteiger partial charge in [0.2, 0.25) is 15.9 Å². The van der Waals surface area contributed by atoms with E-state index in [1.54, 1.807) is 6.07 Å². The predicted octanol–water partition coefficient (Wildman–Crippen LogP) is 0.687. The van der Waals surface area contributed by atoms with Gasteiger partial charge in [0.1, 0.15) is 5.75 Å². The number of hydrogen-bond donors (Lipinski definition) is 2. The average molecular weight is 305 g/mol. The second-order valence-corrected chi connectivity index (χ2v) is 6.61. The summed E-state index contributed by atoms with van der Waals surface area (Å²) in [7, 11) is -3.60. The van der Waals surface area contributed by atoms with E-state index >= 15 is 0 Å². The number of nitrogens with two attached hydrogens (primary N) is 1. The quantitative estimate of drug-likeness (QED) is 0.857. The molecule has 1 saturated heterocycles. The molecule has 1 amide bonds. The van der Waals surface area contributed by atoms with Gasteiger partial charge in [-0.25, -0.2) is 13.6 Å². The third-order valence-electron chi connectivity index (χ3n) is 2.92. The fourth-order valence-electron chi connectivity index (χ4n) is 2.13. The van der Waals surface area contributed by atoms with Crippen molar-refractivity contribution in [2.24, 2.45) is 11.1 Å². The van der Waals surface area contributed by atoms with Crippen LogP contribution in [0.1, 0.15) is 6.42 Å². The maximum absolute atomic E-state index is 11.9. The zero-order valence-electron chi connectivity index (χ0n) is 9.91. The van der Waals surface area contributed by atoms with Gasteiger partial charge in [-0.15, -0.1) is 0 Å². The largest absolute Gasteiger partial charge is 0.506 e. The maximum atomic E-state index is 11.9. The topological polar surface area (TPSA) is 101 Å². The first-order chi connectivity index (χ1) is 8.76. The number of amides is 1. The Labute approximate surface area is 115 Å². The number of carbonyl (C=O) groups is 1. The van der Waals surface area contributed by atoms with Gasteiger partial charge in [-0.1, -0.05) is 11.6 Å². The number of hydrogen-bond acceptors (Lipinski definition) is 4. The summed E-state index contributed by atoms with van der Waals surface area (Å²) in [5, 5.41) is 14.4. The van der Waals surface area contributed by atoms with Crippen LogP contribution in [0.15, 0.2) is 18.2 Å². The Morgan fingerprint density at radius 3 is 2.74 bits per heavy atom. The monoisotopic (exact) mass is 304 g/mol. The summed E-state index contributed by atoms with van der Waals surface area (Å²) >= 11 is 5.78. The molecule has 1 aromatic carbocycles. The highest BCUT2D eigenvalue weighted by molar-refractivity contribution is 7.89. The summed E-state index contributed by atoms with van der Waals surface area (Å²) in [6, 6.07) is 4.41. The second kappa shape index (κ2) is 4.99. The van der Waals surface area contributed by atoms with E-state index in [9.17, 15) is 18.3 Å². The molecule has 6 nitrogen and oxygen atoms in total. The smallest absolute Gasteiger partial charge is 0.227 e. The Morgan fingerprint density at radius 2 is 2.16 bits per heavy atom. The zero-order valence-corrected chi connectivity index (χ0v) is 11.5. The molecule has 1 atom stereocenters. The molecular weight excluding hydrogens is 292 g/mol. The summed E-state index contributed by atoms with van der Waals surface area (Å²) < 4.78 is 22.1. The van der Waals surface area contributed by atoms with Crippen LogP contribution < -0.4 is 10.0 Å². The van der Waals surface area contributed by atoms with Crippen LogP contribution in [-0.4, -0.2) is 31.7 Å². The highest BCUT2D eigenvalue weighted by atomic mass is 35.5. The fourth-order valence-corrected chi connectivity index (χ4v) is 3.19. The summed E-state index contributed by atoms with van der Waals surface area (Å²) in [5.41, 5.74) is 0.532. The molecule has 8 heteroatoms. The van der Waals surface area contributed by atoms with Gasteiger partial charge in [-0.05, 0) is 18.2 Å². The Hall–Kier alpha value is -1.31. The van der Waals surface area contributed by atoms with E-state index in [4.69, 9.17) is 16.7 Å². The molecule has 1 heterocycles. The van der Waals surface area contributed by atoms with Crippen LogP contribution in [-0.2, 0) is 14.8 Å². The van der Waals surface area contributed by atoms with Gasteiger partial charge in [-0.2, -0.15) is 0 Å². The minimum atomic E-state index is -3.60. The molecule has 3 N–H and O–H groups in total. The van der Waals surface area contributed by atoms with E-state index in [0.717, 1.165) is 0 Å². The summed E-state index contributed by atoms with van der Waals surface area (Å²) in [5.74, 6) is -0.801. The zero-order chi connectivity index (χ0) is 14.2. The first-order valence-corrected chi connectivity index (χ1v) is 7.65. The number of primary sulfonamides is 1. The lowest BCUT2D eigenvalue weighted by Gasteiger charge is -2.17. The summed E-state index contributed by atoms with van der Waals surface area (Å²) in [6.45, 7) is 0.274. The molecule has 1 aromatic rings. The minimum absolute atomic E-state index is 0.0712. The molecule has 104 valence electrons. The lowest BCUT2D eigenvalue weighted by atomic mass is 10.1. The van der Waals surface area contributed by atoms with Crippen molar-refractivity contribution in [3.05, 3.63) is 23.2 Å². The van der Waals surface area contributed by atoms with E-state index in [0.29, 0.717) is 5.69 Å². The van der Waals surface area contributed by atoms with Crippen LogP contribution in [0.5, 0.6) is 5.75 Å². The fraction of sp³-hybridized carbons (Fsp3) is 0.364. The predicted molar refractivity (Wildman–Crippen MR) is 71.6 cm³/mol. The number of phenolic OH excluding ortho intramolecular Hbond substituents is 1. The molecule has 0 bridgehead atoms. The van der Waals surface area contributed by atoms with Crippen molar-refractivity contribution in [3.8, 4) is 5.75 Å². The first kappa shape index (κ1) is 14.1. The number of anilines is 1. The third kappa shape index (κ3) is 3.37. The summed E-state index contributed by atoms with van der Waals surface area (Å²) in [6.07, 6.45) is 0.134. The Bertz CT molecular complexity index is 617. The molecule has 19 heavy (non-hydrogen) atoms. The van der Waals surface area contributed by atoms with Gasteiger partial charge in [0.15, 0.2) is 0 Å². The van der Waals surface area contributed by atoms with Gasteiger partial charge in [0.05, 0.1) is 10.8 Å². The van der Waals surface area contributed by atoms with Crippen molar-refractivity contribution in [2.75, 3.05) is 17.2 Å². The number of aromatic hydroxyl groups is 1. The Balaban J connectivity index is 2.18. The molecule has 2 rings (SSSR count). The number of rotatable bonds is 3. The molecule has 1 unspecified atom stereocenters. The molecule has 0 aromatic heterocycles. The van der Waals surface area contributed by atoms with E-state index in [2.05, 4.69) is 0 Å². The molecule has 1 fully saturated rings. The van der Waals surface area contributed by atoms with Crippen molar-refractivity contribution in [1.82, 2.24) is 0 Å². The van der Waals surface area contributed by atoms with Crippen LogP contribution in [0.2, 0.25) is 5.02 Å². The lowest BCUT2D eigenvalue weighted by Crippen LogP contribution is -2.27. The molecule has 0 radical (unpaired) electrons. The minimum Gasteiger partial charge on any atom is -0.506 e. The molecule has 0 saturated carbocycles. The van der Waals surface area contributed by atoms with Crippen molar-refractivity contribution in [1.29, 1.82) is 0 Å². The van der Waals surface area contributed by atoms with E-state index < -0.39 is 10.0 Å². The highest BCUT2D eigenvalue weighted by Crippen LogP contribution is 2.31. The number of carbonyl (C=O) groups excluding carboxylic acids is 1. The standard InChI is InChI=1S/C11H13ClN2O4S/c12-9-4-8(1-2-10(9)15)14-5-7(3-11(14)16)6-19(13,17)18/h1-2,4,7,15H,3,5-6H2,(H2,13,17,18). The van der Waals surface area contributed by atoms with Crippen LogP contribution in [0, 0.1) is 5.92 Å². The number of phenols is 1. The van der Waals surface area contributed by atoms with Gasteiger partial charge < -0.3 is 10.0 Å². The number of nitrogens with zero attached hydrogens (tertiary/aromatic N) is 1. The molecule has 0 aliphatic carbocycles. The molecule has 1 aliphatic heterocycles. The van der Waals surface area contributed by atoms with E-state index in [1.807, 2.05) is 0 Å². The van der Waals surface area contributed by atoms with Gasteiger partial charge in [-0.3, -0.25) is 4.79 Å². The number of halogens is 1. The third-order valence-corrected chi connectivity index (χ3v) is 4.15. The number of benzene rings is 1. The lowest BCUT2D eigenvalue weighted by molar-refractivity contribution is -0.117. The van der Waals surface area contributed by atoms with Crippen molar-refractivity contribution in [3.63, 3.8) is 0 Å². The van der Waals surface area contributed by atoms with Gasteiger partial charge >= 0.3 is 0 Å². The Morgan fingerprint density at radius 1 is 1.47 bits per heavy atom. The van der Waals surface area contributed by atoms with Crippen LogP contribution in [0.3, 0.4) is 0 Å². The van der Waals surface area contributed by atoms with Crippen molar-refractivity contribution >= 4 is 33.2 Å². The highest BCUT2D eigenvalue weighted by Gasteiger charge is 2.32. The normalized spacial score (nSPS) is 20.0. The van der Waals surface area contributed by atoms with Crippen LogP contribution in [0.25, 0.3) is 0 Å².